The van der Waals surface area contributed by atoms with Crippen LogP contribution in [-0.4, -0.2) is 3.26 Å². The molecule has 0 bridgehead atoms. The molecule has 0 aromatic heterocycles. The zero-order valence-electron chi connectivity index (χ0n) is 9.33. The minimum absolute atomic E-state index is 0.294. The van der Waals surface area contributed by atoms with Gasteiger partial charge in [0.25, 0.3) is 0 Å². The van der Waals surface area contributed by atoms with E-state index in [1.54, 1.807) is 6.07 Å². The van der Waals surface area contributed by atoms with Crippen LogP contribution in [0.4, 0.5) is 13.2 Å². The van der Waals surface area contributed by atoms with E-state index >= 15 is 0 Å². The van der Waals surface area contributed by atoms with Gasteiger partial charge in [0, 0.05) is 0 Å². The van der Waals surface area contributed by atoms with Crippen molar-refractivity contribution < 1.29 is 37.1 Å². The predicted octanol–water partition coefficient (Wildman–Crippen LogP) is 3.82. The summed E-state index contributed by atoms with van der Waals surface area (Å²) in [7, 11) is 0. The quantitative estimate of drug-likeness (QED) is 0.658. The SMILES string of the molecule is FC(F)(F)c1ccccc1[C](=[Hf+2])c1ccccc1. The topological polar surface area (TPSA) is 0 Å². The van der Waals surface area contributed by atoms with Gasteiger partial charge in [0.1, 0.15) is 0 Å². The Kier molecular flexibility index (Phi) is 3.95. The van der Waals surface area contributed by atoms with E-state index in [0.29, 0.717) is 29.5 Å². The molecule has 18 heavy (non-hydrogen) atoms. The zero-order chi connectivity index (χ0) is 13.2. The van der Waals surface area contributed by atoms with Crippen molar-refractivity contribution >= 4 is 3.26 Å². The first-order valence-corrected chi connectivity index (χ1v) is 7.10. The average molecular weight is 413 g/mol. The molecule has 0 spiro atoms. The van der Waals surface area contributed by atoms with Crippen LogP contribution in [0.15, 0.2) is 54.6 Å². The molecule has 2 rings (SSSR count). The molecule has 0 saturated heterocycles. The van der Waals surface area contributed by atoms with Crippen molar-refractivity contribution in [1.82, 2.24) is 0 Å². The van der Waals surface area contributed by atoms with Gasteiger partial charge >= 0.3 is 118 Å². The molecule has 0 aliphatic heterocycles. The fraction of sp³-hybridized carbons (Fsp3) is 0.0714. The Morgan fingerprint density at radius 1 is 0.833 bits per heavy atom. The van der Waals surface area contributed by atoms with Crippen LogP contribution in [0.2, 0.25) is 0 Å². The van der Waals surface area contributed by atoms with Crippen molar-refractivity contribution in [2.24, 2.45) is 0 Å². The second-order valence-electron chi connectivity index (χ2n) is 3.78. The molecule has 4 heteroatoms. The monoisotopic (exact) mass is 414 g/mol. The van der Waals surface area contributed by atoms with Crippen LogP contribution < -0.4 is 0 Å². The van der Waals surface area contributed by atoms with E-state index in [-0.39, 0.29) is 0 Å². The Morgan fingerprint density at radius 2 is 1.39 bits per heavy atom. The molecule has 2 aromatic rings. The van der Waals surface area contributed by atoms with Gasteiger partial charge in [-0.05, 0) is 0 Å². The van der Waals surface area contributed by atoms with Gasteiger partial charge in [0.05, 0.1) is 0 Å². The Hall–Kier alpha value is -1.03. The summed E-state index contributed by atoms with van der Waals surface area (Å²) < 4.78 is 39.5. The second kappa shape index (κ2) is 5.31. The van der Waals surface area contributed by atoms with Gasteiger partial charge in [-0.3, -0.25) is 0 Å². The van der Waals surface area contributed by atoms with Crippen LogP contribution in [0.1, 0.15) is 16.7 Å². The minimum atomic E-state index is -4.30. The molecule has 2 aromatic carbocycles. The van der Waals surface area contributed by atoms with Gasteiger partial charge in [-0.1, -0.05) is 0 Å². The standard InChI is InChI=1S/C14H9F3.Hf/c15-14(16,17)13-9-5-4-8-12(13)10-11-6-2-1-3-7-11;/h1-9H;/q;+2. The number of halogens is 3. The van der Waals surface area contributed by atoms with Gasteiger partial charge in [0.15, 0.2) is 0 Å². The van der Waals surface area contributed by atoms with Gasteiger partial charge in [-0.15, -0.1) is 0 Å². The normalized spacial score (nSPS) is 11.4. The molecule has 0 heterocycles. The summed E-state index contributed by atoms with van der Waals surface area (Å²) in [6.45, 7) is 0. The van der Waals surface area contributed by atoms with Gasteiger partial charge in [-0.2, -0.15) is 0 Å². The summed E-state index contributed by atoms with van der Waals surface area (Å²) in [5, 5.41) is 0. The van der Waals surface area contributed by atoms with E-state index < -0.39 is 11.7 Å². The van der Waals surface area contributed by atoms with E-state index in [9.17, 15) is 13.2 Å². The second-order valence-corrected chi connectivity index (χ2v) is 5.58. The van der Waals surface area contributed by atoms with Crippen LogP contribution in [0.3, 0.4) is 0 Å². The van der Waals surface area contributed by atoms with Crippen molar-refractivity contribution in [1.29, 1.82) is 0 Å². The molecule has 0 unspecified atom stereocenters. The molecule has 0 saturated carbocycles. The Bertz CT molecular complexity index is 559. The van der Waals surface area contributed by atoms with Crippen molar-refractivity contribution in [3.05, 3.63) is 71.3 Å². The van der Waals surface area contributed by atoms with Gasteiger partial charge in [-0.25, -0.2) is 0 Å². The summed E-state index contributed by atoms with van der Waals surface area (Å²) >= 11 is 0.563. The van der Waals surface area contributed by atoms with Crippen LogP contribution in [0.5, 0.6) is 0 Å². The summed E-state index contributed by atoms with van der Waals surface area (Å²) in [5.74, 6) is 0. The van der Waals surface area contributed by atoms with E-state index in [0.717, 1.165) is 14.9 Å². The van der Waals surface area contributed by atoms with Gasteiger partial charge in [0.2, 0.25) is 0 Å². The van der Waals surface area contributed by atoms with Crippen molar-refractivity contribution in [2.75, 3.05) is 0 Å². The summed E-state index contributed by atoms with van der Waals surface area (Å²) in [6.07, 6.45) is -4.30. The van der Waals surface area contributed by atoms with Crippen LogP contribution >= 0.6 is 0 Å². The maximum atomic E-state index is 12.9. The van der Waals surface area contributed by atoms with Crippen LogP contribution in [0, 0.1) is 0 Å². The predicted molar refractivity (Wildman–Crippen MR) is 61.1 cm³/mol. The van der Waals surface area contributed by atoms with Crippen molar-refractivity contribution in [3.63, 3.8) is 0 Å². The molecule has 0 amide bonds. The molecule has 0 fully saturated rings. The fourth-order valence-electron chi connectivity index (χ4n) is 1.71. The van der Waals surface area contributed by atoms with Gasteiger partial charge < -0.3 is 0 Å². The molecular weight excluding hydrogens is 404 g/mol. The third-order valence-electron chi connectivity index (χ3n) is 2.56. The van der Waals surface area contributed by atoms with E-state index in [4.69, 9.17) is 0 Å². The van der Waals surface area contributed by atoms with Crippen LogP contribution in [0.25, 0.3) is 0 Å². The van der Waals surface area contributed by atoms with E-state index in [2.05, 4.69) is 0 Å². The Balaban J connectivity index is 2.50. The third-order valence-corrected chi connectivity index (χ3v) is 4.57. The number of alkyl halides is 3. The maximum absolute atomic E-state index is 12.9. The summed E-state index contributed by atoms with van der Waals surface area (Å²) in [4.78, 5) is 0. The third kappa shape index (κ3) is 2.86. The first kappa shape index (κ1) is 13.4. The van der Waals surface area contributed by atoms with E-state index in [1.807, 2.05) is 30.3 Å². The molecule has 0 radical (unpaired) electrons. The molecule has 0 aliphatic rings. The molecule has 88 valence electrons. The number of benzene rings is 2. The van der Waals surface area contributed by atoms with Crippen LogP contribution in [-0.2, 0) is 30.1 Å². The number of hydrogen-bond acceptors (Lipinski definition) is 0. The number of rotatable bonds is 2. The molecule has 0 atom stereocenters. The first-order valence-electron chi connectivity index (χ1n) is 5.30. The molecular formula is C14H9F3Hf+2. The molecule has 0 nitrogen and oxygen atoms in total. The average Bonchev–Trinajstić information content (AvgIpc) is 2.38. The molecule has 0 N–H and O–H groups in total. The fourth-order valence-corrected chi connectivity index (χ4v) is 3.09. The van der Waals surface area contributed by atoms with Crippen molar-refractivity contribution in [2.45, 2.75) is 6.18 Å². The van der Waals surface area contributed by atoms with Crippen molar-refractivity contribution in [3.8, 4) is 0 Å². The van der Waals surface area contributed by atoms with E-state index in [1.165, 1.54) is 12.1 Å². The summed E-state index contributed by atoms with van der Waals surface area (Å²) in [5.41, 5.74) is 0.600. The Morgan fingerprint density at radius 3 is 2.00 bits per heavy atom. The molecule has 0 aliphatic carbocycles. The zero-order valence-corrected chi connectivity index (χ0v) is 12.9. The Labute approximate surface area is 118 Å². The number of hydrogen-bond donors (Lipinski definition) is 0. The first-order chi connectivity index (χ1) is 8.50. The summed E-state index contributed by atoms with van der Waals surface area (Å²) in [6, 6.07) is 15.0.